The fraction of sp³-hybridized carbons (Fsp3) is 0.704. The maximum absolute atomic E-state index is 12.9. The van der Waals surface area contributed by atoms with Gasteiger partial charge in [0.1, 0.15) is 6.10 Å². The summed E-state index contributed by atoms with van der Waals surface area (Å²) in [5.74, 6) is 0.177. The van der Waals surface area contributed by atoms with Gasteiger partial charge in [0.2, 0.25) is 5.91 Å². The van der Waals surface area contributed by atoms with Crippen LogP contribution >= 0.6 is 0 Å². The van der Waals surface area contributed by atoms with Crippen molar-refractivity contribution in [3.63, 3.8) is 0 Å². The molecule has 7 nitrogen and oxygen atoms in total. The van der Waals surface area contributed by atoms with Crippen LogP contribution in [0.4, 0.5) is 4.79 Å². The number of carbonyl (C=O) groups is 2. The van der Waals surface area contributed by atoms with Gasteiger partial charge < -0.3 is 24.2 Å². The molecule has 7 heteroatoms. The van der Waals surface area contributed by atoms with Gasteiger partial charge in [-0.25, -0.2) is 4.79 Å². The second-order valence-corrected chi connectivity index (χ2v) is 11.1. The van der Waals surface area contributed by atoms with Crippen LogP contribution in [0.5, 0.6) is 0 Å². The summed E-state index contributed by atoms with van der Waals surface area (Å²) in [7, 11) is 0. The lowest BCUT2D eigenvalue weighted by atomic mass is 9.68. The number of likely N-dealkylation sites (tertiary alicyclic amines) is 1. The molecule has 3 unspecified atom stereocenters. The predicted octanol–water partition coefficient (Wildman–Crippen LogP) is 3.55. The maximum atomic E-state index is 12.9. The molecule has 5 aliphatic rings. The van der Waals surface area contributed by atoms with Gasteiger partial charge in [-0.15, -0.1) is 0 Å². The van der Waals surface area contributed by atoms with Gasteiger partial charge >= 0.3 is 6.09 Å². The van der Waals surface area contributed by atoms with Crippen molar-refractivity contribution < 1.29 is 20.5 Å². The van der Waals surface area contributed by atoms with Gasteiger partial charge in [-0.2, -0.15) is 0 Å². The second kappa shape index (κ2) is 8.83. The first-order valence-electron chi connectivity index (χ1n) is 13.2. The number of piperidine rings is 2. The number of hydrogen-bond acceptors (Lipinski definition) is 5. The molecule has 4 fully saturated rings. The van der Waals surface area contributed by atoms with E-state index in [1.165, 1.54) is 11.1 Å². The average molecular weight is 470 g/mol. The van der Waals surface area contributed by atoms with E-state index in [1.807, 2.05) is 4.90 Å². The summed E-state index contributed by atoms with van der Waals surface area (Å²) >= 11 is 0. The third-order valence-corrected chi connectivity index (χ3v) is 9.23. The lowest BCUT2D eigenvalue weighted by molar-refractivity contribution is -0.131. The first-order valence-corrected chi connectivity index (χ1v) is 13.2. The summed E-state index contributed by atoms with van der Waals surface area (Å²) in [4.78, 5) is 32.0. The topological polar surface area (TPSA) is 62.3 Å². The number of rotatable bonds is 2. The SMILES string of the molecule is CC(=O)N1Cc2ccccc2C2(CCN(C3CC4CCC(C3)N4C(=O)OC3CCOC3)CC2)C1.[HH]. The molecule has 0 N–H and O–H groups in total. The van der Waals surface area contributed by atoms with Gasteiger partial charge in [0.05, 0.1) is 13.2 Å². The van der Waals surface area contributed by atoms with Gasteiger partial charge in [-0.05, 0) is 62.7 Å². The molecular weight excluding hydrogens is 430 g/mol. The summed E-state index contributed by atoms with van der Waals surface area (Å²) in [6.45, 7) is 6.64. The molecule has 5 heterocycles. The van der Waals surface area contributed by atoms with E-state index in [0.29, 0.717) is 31.3 Å². The van der Waals surface area contributed by atoms with Gasteiger partial charge in [0, 0.05) is 51.4 Å². The van der Waals surface area contributed by atoms with Gasteiger partial charge in [-0.1, -0.05) is 24.3 Å². The van der Waals surface area contributed by atoms with Crippen molar-refractivity contribution in [3.8, 4) is 0 Å². The highest BCUT2D eigenvalue weighted by Gasteiger charge is 2.48. The van der Waals surface area contributed by atoms with E-state index in [1.54, 1.807) is 6.92 Å². The van der Waals surface area contributed by atoms with Crippen molar-refractivity contribution in [3.05, 3.63) is 35.4 Å². The van der Waals surface area contributed by atoms with Crippen LogP contribution in [0.2, 0.25) is 0 Å². The molecule has 1 spiro atoms. The fourth-order valence-corrected chi connectivity index (χ4v) is 7.41. The number of amides is 2. The summed E-state index contributed by atoms with van der Waals surface area (Å²) in [6, 6.07) is 9.89. The van der Waals surface area contributed by atoms with Crippen molar-refractivity contribution in [1.29, 1.82) is 0 Å². The molecule has 0 radical (unpaired) electrons. The van der Waals surface area contributed by atoms with Crippen LogP contribution in [0.15, 0.2) is 24.3 Å². The minimum absolute atomic E-state index is 0. The molecule has 2 bridgehead atoms. The molecule has 0 aliphatic carbocycles. The first-order chi connectivity index (χ1) is 16.5. The number of hydrogen-bond donors (Lipinski definition) is 0. The van der Waals surface area contributed by atoms with Crippen LogP contribution in [0.25, 0.3) is 0 Å². The molecule has 0 saturated carbocycles. The van der Waals surface area contributed by atoms with E-state index in [2.05, 4.69) is 34.1 Å². The summed E-state index contributed by atoms with van der Waals surface area (Å²) in [5, 5.41) is 0. The third kappa shape index (κ3) is 3.91. The van der Waals surface area contributed by atoms with E-state index >= 15 is 0 Å². The van der Waals surface area contributed by atoms with Crippen molar-refractivity contribution in [2.45, 2.75) is 88.1 Å². The Labute approximate surface area is 203 Å². The Morgan fingerprint density at radius 1 is 1.06 bits per heavy atom. The molecule has 5 aliphatic heterocycles. The molecule has 34 heavy (non-hydrogen) atoms. The van der Waals surface area contributed by atoms with E-state index < -0.39 is 0 Å². The number of ether oxygens (including phenoxy) is 2. The van der Waals surface area contributed by atoms with Crippen LogP contribution < -0.4 is 0 Å². The smallest absolute Gasteiger partial charge is 0.410 e. The minimum atomic E-state index is -0.123. The lowest BCUT2D eigenvalue weighted by Gasteiger charge is -2.51. The second-order valence-electron chi connectivity index (χ2n) is 11.1. The average Bonchev–Trinajstić information content (AvgIpc) is 3.44. The number of carbonyl (C=O) groups excluding carboxylic acids is 2. The molecular formula is C27H39N3O4. The number of fused-ring (bicyclic) bond motifs is 4. The predicted molar refractivity (Wildman–Crippen MR) is 130 cm³/mol. The lowest BCUT2D eigenvalue weighted by Crippen LogP contribution is -2.57. The normalized spacial score (nSPS) is 32.6. The maximum Gasteiger partial charge on any atom is 0.410 e. The van der Waals surface area contributed by atoms with Gasteiger partial charge in [-0.3, -0.25) is 4.79 Å². The molecule has 3 atom stereocenters. The highest BCUT2D eigenvalue weighted by Crippen LogP contribution is 2.44. The van der Waals surface area contributed by atoms with Gasteiger partial charge in [0.15, 0.2) is 0 Å². The Hall–Kier alpha value is -2.12. The summed E-state index contributed by atoms with van der Waals surface area (Å²) < 4.78 is 11.1. The quantitative estimate of drug-likeness (QED) is 0.663. The van der Waals surface area contributed by atoms with Crippen molar-refractivity contribution >= 4 is 12.0 Å². The molecule has 1 aromatic carbocycles. The highest BCUT2D eigenvalue weighted by atomic mass is 16.6. The monoisotopic (exact) mass is 469 g/mol. The molecule has 0 aromatic heterocycles. The van der Waals surface area contributed by atoms with Crippen molar-refractivity contribution in [1.82, 2.24) is 14.7 Å². The Morgan fingerprint density at radius 3 is 2.47 bits per heavy atom. The molecule has 2 amide bonds. The van der Waals surface area contributed by atoms with Crippen molar-refractivity contribution in [2.75, 3.05) is 32.8 Å². The van der Waals surface area contributed by atoms with E-state index in [4.69, 9.17) is 9.47 Å². The van der Waals surface area contributed by atoms with Gasteiger partial charge in [0.25, 0.3) is 0 Å². The van der Waals surface area contributed by atoms with Crippen LogP contribution in [0, 0.1) is 0 Å². The Kier molecular flexibility index (Phi) is 5.80. The summed E-state index contributed by atoms with van der Waals surface area (Å²) in [6.07, 6.45) is 7.09. The molecule has 4 saturated heterocycles. The van der Waals surface area contributed by atoms with E-state index in [0.717, 1.165) is 71.1 Å². The fourth-order valence-electron chi connectivity index (χ4n) is 7.41. The van der Waals surface area contributed by atoms with Crippen LogP contribution in [0.1, 0.15) is 64.4 Å². The number of nitrogens with zero attached hydrogens (tertiary/aromatic N) is 3. The largest absolute Gasteiger partial charge is 0.444 e. The molecule has 1 aromatic rings. The minimum Gasteiger partial charge on any atom is -0.444 e. The van der Waals surface area contributed by atoms with E-state index in [9.17, 15) is 9.59 Å². The van der Waals surface area contributed by atoms with Crippen LogP contribution in [-0.2, 0) is 26.2 Å². The summed E-state index contributed by atoms with van der Waals surface area (Å²) in [5.41, 5.74) is 2.85. The number of benzene rings is 1. The molecule has 186 valence electrons. The molecule has 6 rings (SSSR count). The Morgan fingerprint density at radius 2 is 1.79 bits per heavy atom. The van der Waals surface area contributed by atoms with Crippen LogP contribution in [0.3, 0.4) is 0 Å². The Balaban J connectivity index is 0.00000253. The zero-order valence-electron chi connectivity index (χ0n) is 20.3. The first kappa shape index (κ1) is 22.4. The Bertz CT molecular complexity index is 930. The zero-order chi connectivity index (χ0) is 23.3. The highest BCUT2D eigenvalue weighted by molar-refractivity contribution is 5.74. The standard InChI is InChI=1S/C27H37N3O4.H2/c1-19(31)29-16-20-4-2-3-5-25(20)27(18-29)9-11-28(12-10-27)23-14-21-6-7-22(15-23)30(21)26(32)34-24-8-13-33-17-24;/h2-5,21-24H,6-18H2,1H3;1H. The zero-order valence-corrected chi connectivity index (χ0v) is 20.3. The third-order valence-electron chi connectivity index (χ3n) is 9.23. The van der Waals surface area contributed by atoms with Crippen LogP contribution in [-0.4, -0.2) is 83.8 Å². The van der Waals surface area contributed by atoms with Crippen molar-refractivity contribution in [2.24, 2.45) is 0 Å². The van der Waals surface area contributed by atoms with E-state index in [-0.39, 0.29) is 24.9 Å².